The number of nitrogens with zero attached hydrogens (tertiary/aromatic N) is 5. The van der Waals surface area contributed by atoms with Crippen molar-refractivity contribution in [2.45, 2.75) is 19.5 Å². The smallest absolute Gasteiger partial charge is 0.191 e. The lowest BCUT2D eigenvalue weighted by atomic mass is 10.3. The Bertz CT molecular complexity index is 815. The number of imidazole rings is 1. The number of rotatable bonds is 6. The van der Waals surface area contributed by atoms with Crippen LogP contribution in [0.15, 0.2) is 47.8 Å². The van der Waals surface area contributed by atoms with Crippen LogP contribution in [0, 0.1) is 0 Å². The van der Waals surface area contributed by atoms with Crippen LogP contribution < -0.4 is 10.6 Å². The molecule has 0 fully saturated rings. The van der Waals surface area contributed by atoms with E-state index in [9.17, 15) is 0 Å². The van der Waals surface area contributed by atoms with Crippen LogP contribution >= 0.6 is 0 Å². The van der Waals surface area contributed by atoms with Crippen molar-refractivity contribution in [3.8, 4) is 0 Å². The largest absolute Gasteiger partial charge is 0.356 e. The molecule has 0 radical (unpaired) electrons. The summed E-state index contributed by atoms with van der Waals surface area (Å²) in [6, 6.07) is 10.2. The summed E-state index contributed by atoms with van der Waals surface area (Å²) < 4.78 is 4.03. The predicted molar refractivity (Wildman–Crippen MR) is 95.8 cm³/mol. The van der Waals surface area contributed by atoms with Gasteiger partial charge in [0.25, 0.3) is 0 Å². The van der Waals surface area contributed by atoms with Gasteiger partial charge in [-0.1, -0.05) is 12.1 Å². The molecule has 2 heterocycles. The second kappa shape index (κ2) is 7.63. The zero-order valence-electron chi connectivity index (χ0n) is 14.1. The van der Waals surface area contributed by atoms with E-state index in [0.717, 1.165) is 36.7 Å². The highest BCUT2D eigenvalue weighted by Crippen LogP contribution is 2.11. The van der Waals surface area contributed by atoms with E-state index in [1.54, 1.807) is 13.2 Å². The molecule has 0 aliphatic heterocycles. The summed E-state index contributed by atoms with van der Waals surface area (Å²) in [5, 5.41) is 10.8. The van der Waals surface area contributed by atoms with Crippen LogP contribution in [0.25, 0.3) is 11.0 Å². The van der Waals surface area contributed by atoms with Crippen molar-refractivity contribution in [2.75, 3.05) is 13.6 Å². The van der Waals surface area contributed by atoms with Gasteiger partial charge in [-0.3, -0.25) is 9.67 Å². The number of aromatic nitrogens is 4. The van der Waals surface area contributed by atoms with Crippen molar-refractivity contribution in [3.63, 3.8) is 0 Å². The summed E-state index contributed by atoms with van der Waals surface area (Å²) in [6.07, 6.45) is 4.69. The van der Waals surface area contributed by atoms with Gasteiger partial charge in [0.05, 0.1) is 29.6 Å². The molecule has 2 N–H and O–H groups in total. The molecular weight excluding hydrogens is 302 g/mol. The molecule has 0 aliphatic carbocycles. The zero-order valence-corrected chi connectivity index (χ0v) is 14.1. The third kappa shape index (κ3) is 3.73. The van der Waals surface area contributed by atoms with Gasteiger partial charge in [0.15, 0.2) is 5.96 Å². The first-order valence-corrected chi connectivity index (χ1v) is 8.09. The Morgan fingerprint density at radius 1 is 1.21 bits per heavy atom. The highest BCUT2D eigenvalue weighted by atomic mass is 15.3. The first-order valence-electron chi connectivity index (χ1n) is 8.09. The molecule has 7 heteroatoms. The highest BCUT2D eigenvalue weighted by Gasteiger charge is 2.03. The molecule has 3 rings (SSSR count). The summed E-state index contributed by atoms with van der Waals surface area (Å²) in [5.74, 6) is 0.798. The lowest BCUT2D eigenvalue weighted by molar-refractivity contribution is 0.633. The highest BCUT2D eigenvalue weighted by molar-refractivity contribution is 5.79. The van der Waals surface area contributed by atoms with E-state index in [-0.39, 0.29) is 0 Å². The van der Waals surface area contributed by atoms with E-state index in [2.05, 4.69) is 36.3 Å². The summed E-state index contributed by atoms with van der Waals surface area (Å²) in [5.41, 5.74) is 3.33. The molecule has 0 atom stereocenters. The van der Waals surface area contributed by atoms with E-state index in [0.29, 0.717) is 6.54 Å². The fourth-order valence-corrected chi connectivity index (χ4v) is 2.61. The number of aryl methyl sites for hydroxylation is 2. The second-order valence-electron chi connectivity index (χ2n) is 5.58. The molecule has 126 valence electrons. The minimum atomic E-state index is 0.697. The Labute approximate surface area is 141 Å². The number of hydrogen-bond donors (Lipinski definition) is 2. The molecule has 7 nitrogen and oxygen atoms in total. The predicted octanol–water partition coefficient (Wildman–Crippen LogP) is 1.53. The van der Waals surface area contributed by atoms with Crippen molar-refractivity contribution < 1.29 is 0 Å². The number of para-hydroxylation sites is 2. The van der Waals surface area contributed by atoms with Crippen LogP contribution in [-0.4, -0.2) is 38.9 Å². The van der Waals surface area contributed by atoms with Gasteiger partial charge in [0.2, 0.25) is 0 Å². The maximum Gasteiger partial charge on any atom is 0.191 e. The summed E-state index contributed by atoms with van der Waals surface area (Å²) in [4.78, 5) is 8.66. The Hall–Kier alpha value is -2.83. The standard InChI is InChI=1S/C17H23N7/c1-18-17(20-12-14-8-10-22-23(14)2)19-9-5-11-24-13-21-15-6-3-4-7-16(15)24/h3-4,6-8,10,13H,5,9,11-12H2,1-2H3,(H2,18,19,20). The van der Waals surface area contributed by atoms with Crippen LogP contribution in [0.1, 0.15) is 12.1 Å². The van der Waals surface area contributed by atoms with Gasteiger partial charge >= 0.3 is 0 Å². The van der Waals surface area contributed by atoms with E-state index in [1.165, 1.54) is 5.52 Å². The van der Waals surface area contributed by atoms with E-state index < -0.39 is 0 Å². The Morgan fingerprint density at radius 3 is 2.88 bits per heavy atom. The van der Waals surface area contributed by atoms with Crippen LogP contribution in [0.5, 0.6) is 0 Å². The molecule has 3 aromatic rings. The number of fused-ring (bicyclic) bond motifs is 1. The van der Waals surface area contributed by atoms with E-state index in [4.69, 9.17) is 0 Å². The molecule has 24 heavy (non-hydrogen) atoms. The van der Waals surface area contributed by atoms with Crippen molar-refractivity contribution in [3.05, 3.63) is 48.5 Å². The van der Waals surface area contributed by atoms with Crippen LogP contribution in [0.2, 0.25) is 0 Å². The molecule has 0 saturated heterocycles. The van der Waals surface area contributed by atoms with E-state index >= 15 is 0 Å². The normalized spacial score (nSPS) is 11.8. The zero-order chi connectivity index (χ0) is 16.8. The van der Waals surface area contributed by atoms with Gasteiger partial charge < -0.3 is 15.2 Å². The topological polar surface area (TPSA) is 72.1 Å². The van der Waals surface area contributed by atoms with Crippen LogP contribution in [0.4, 0.5) is 0 Å². The van der Waals surface area contributed by atoms with Crippen LogP contribution in [-0.2, 0) is 20.1 Å². The number of nitrogens with one attached hydrogen (secondary N) is 2. The average Bonchev–Trinajstić information content (AvgIpc) is 3.21. The minimum Gasteiger partial charge on any atom is -0.356 e. The van der Waals surface area contributed by atoms with Gasteiger partial charge in [-0.25, -0.2) is 4.98 Å². The number of benzene rings is 1. The van der Waals surface area contributed by atoms with Gasteiger partial charge in [0, 0.05) is 33.4 Å². The van der Waals surface area contributed by atoms with Crippen LogP contribution in [0.3, 0.4) is 0 Å². The van der Waals surface area contributed by atoms with Crippen molar-refractivity contribution in [1.29, 1.82) is 0 Å². The number of aliphatic imine (C=N–C) groups is 1. The first kappa shape index (κ1) is 16.0. The molecule has 0 spiro atoms. The molecule has 0 unspecified atom stereocenters. The summed E-state index contributed by atoms with van der Waals surface area (Å²) in [6.45, 7) is 2.46. The lowest BCUT2D eigenvalue weighted by Gasteiger charge is -2.12. The Morgan fingerprint density at radius 2 is 2.08 bits per heavy atom. The lowest BCUT2D eigenvalue weighted by Crippen LogP contribution is -2.37. The van der Waals surface area contributed by atoms with Gasteiger partial charge in [-0.05, 0) is 24.6 Å². The average molecular weight is 325 g/mol. The summed E-state index contributed by atoms with van der Waals surface area (Å²) >= 11 is 0. The third-order valence-electron chi connectivity index (χ3n) is 3.98. The monoisotopic (exact) mass is 325 g/mol. The minimum absolute atomic E-state index is 0.697. The Balaban J connectivity index is 1.44. The third-order valence-corrected chi connectivity index (χ3v) is 3.98. The molecule has 2 aromatic heterocycles. The maximum atomic E-state index is 4.41. The van der Waals surface area contributed by atoms with Crippen molar-refractivity contribution >= 4 is 17.0 Å². The van der Waals surface area contributed by atoms with Crippen molar-refractivity contribution in [2.24, 2.45) is 12.0 Å². The number of hydrogen-bond acceptors (Lipinski definition) is 3. The van der Waals surface area contributed by atoms with Gasteiger partial charge in [-0.2, -0.15) is 5.10 Å². The molecule has 0 aliphatic rings. The van der Waals surface area contributed by atoms with Crippen molar-refractivity contribution in [1.82, 2.24) is 30.0 Å². The number of guanidine groups is 1. The fraction of sp³-hybridized carbons (Fsp3) is 0.353. The second-order valence-corrected chi connectivity index (χ2v) is 5.58. The Kier molecular flexibility index (Phi) is 5.10. The fourth-order valence-electron chi connectivity index (χ4n) is 2.61. The first-order chi connectivity index (χ1) is 11.8. The summed E-state index contributed by atoms with van der Waals surface area (Å²) in [7, 11) is 3.71. The molecule has 0 amide bonds. The van der Waals surface area contributed by atoms with Gasteiger partial charge in [-0.15, -0.1) is 0 Å². The molecule has 0 saturated carbocycles. The molecule has 1 aromatic carbocycles. The molecule has 0 bridgehead atoms. The maximum absolute atomic E-state index is 4.41. The van der Waals surface area contributed by atoms with E-state index in [1.807, 2.05) is 42.3 Å². The quantitative estimate of drug-likeness (QED) is 0.409. The van der Waals surface area contributed by atoms with Gasteiger partial charge in [0.1, 0.15) is 0 Å². The SMILES string of the molecule is CN=C(NCCCn1cnc2ccccc21)NCc1ccnn1C. The molecular formula is C17H23N7.